The summed E-state index contributed by atoms with van der Waals surface area (Å²) in [5.74, 6) is 0.0748. The van der Waals surface area contributed by atoms with Crippen molar-refractivity contribution >= 4 is 24.0 Å². The first-order chi connectivity index (χ1) is 14.6. The fourth-order valence-electron chi connectivity index (χ4n) is 2.97. The van der Waals surface area contributed by atoms with Crippen LogP contribution in [-0.2, 0) is 11.3 Å². The van der Waals surface area contributed by atoms with Crippen LogP contribution in [0.3, 0.4) is 0 Å². The van der Waals surface area contributed by atoms with E-state index in [0.29, 0.717) is 44.6 Å². The zero-order valence-corrected chi connectivity index (χ0v) is 18.1. The summed E-state index contributed by atoms with van der Waals surface area (Å²) in [5, 5.41) is 8.95. The maximum atomic E-state index is 12.1. The van der Waals surface area contributed by atoms with Gasteiger partial charge in [-0.15, -0.1) is 0 Å². The van der Waals surface area contributed by atoms with Gasteiger partial charge in [0.15, 0.2) is 0 Å². The second-order valence-corrected chi connectivity index (χ2v) is 8.28. The van der Waals surface area contributed by atoms with Crippen LogP contribution in [0, 0.1) is 0 Å². The molecule has 1 fully saturated rings. The number of aromatic carboxylic acids is 1. The molecule has 0 saturated carbocycles. The third kappa shape index (κ3) is 6.00. The molecule has 0 bridgehead atoms. The number of ether oxygens (including phenoxy) is 1. The van der Waals surface area contributed by atoms with Gasteiger partial charge in [0.05, 0.1) is 12.1 Å². The summed E-state index contributed by atoms with van der Waals surface area (Å²) in [6.07, 6.45) is 5.65. The Morgan fingerprint density at radius 1 is 0.968 bits per heavy atom. The Balaban J connectivity index is 1.53. The summed E-state index contributed by atoms with van der Waals surface area (Å²) < 4.78 is 5.35. The zero-order chi connectivity index (χ0) is 22.6. The number of hydrogen-bond donors (Lipinski definition) is 1. The molecule has 0 spiro atoms. The maximum Gasteiger partial charge on any atom is 0.410 e. The molecular weight excluding hydrogens is 402 g/mol. The Labute approximate surface area is 180 Å². The SMILES string of the molecule is CN(Cc1cnc(N2CCN(c3ncc(C(=O)O)cn3)CC2)nc1)C(=O)OC(C)(C)C. The quantitative estimate of drug-likeness (QED) is 0.750. The lowest BCUT2D eigenvalue weighted by Crippen LogP contribution is -2.47. The number of amides is 1. The average Bonchev–Trinajstić information content (AvgIpc) is 2.73. The van der Waals surface area contributed by atoms with E-state index in [9.17, 15) is 9.59 Å². The van der Waals surface area contributed by atoms with Gasteiger partial charge in [-0.05, 0) is 20.8 Å². The number of anilines is 2. The van der Waals surface area contributed by atoms with Gasteiger partial charge in [0.1, 0.15) is 5.60 Å². The molecule has 11 heteroatoms. The van der Waals surface area contributed by atoms with Crippen molar-refractivity contribution in [3.63, 3.8) is 0 Å². The highest BCUT2D eigenvalue weighted by Crippen LogP contribution is 2.16. The van der Waals surface area contributed by atoms with Crippen molar-refractivity contribution in [3.05, 3.63) is 35.9 Å². The van der Waals surface area contributed by atoms with Crippen LogP contribution in [0.15, 0.2) is 24.8 Å². The van der Waals surface area contributed by atoms with E-state index in [2.05, 4.69) is 24.8 Å². The predicted octanol–water partition coefficient (Wildman–Crippen LogP) is 1.66. The van der Waals surface area contributed by atoms with Gasteiger partial charge in [-0.1, -0.05) is 0 Å². The second-order valence-electron chi connectivity index (χ2n) is 8.28. The van der Waals surface area contributed by atoms with E-state index in [-0.39, 0.29) is 5.56 Å². The van der Waals surface area contributed by atoms with Crippen LogP contribution in [0.4, 0.5) is 16.7 Å². The Kier molecular flexibility index (Phi) is 6.52. The Bertz CT molecular complexity index is 905. The molecule has 0 radical (unpaired) electrons. The lowest BCUT2D eigenvalue weighted by molar-refractivity contribution is 0.0284. The molecule has 0 unspecified atom stereocenters. The van der Waals surface area contributed by atoms with Crippen LogP contribution < -0.4 is 9.80 Å². The molecule has 31 heavy (non-hydrogen) atoms. The van der Waals surface area contributed by atoms with Crippen LogP contribution in [0.5, 0.6) is 0 Å². The van der Waals surface area contributed by atoms with Crippen molar-refractivity contribution in [1.29, 1.82) is 0 Å². The van der Waals surface area contributed by atoms with Gasteiger partial charge in [-0.25, -0.2) is 29.5 Å². The Morgan fingerprint density at radius 3 is 1.84 bits per heavy atom. The van der Waals surface area contributed by atoms with Gasteiger partial charge < -0.3 is 24.5 Å². The topological polar surface area (TPSA) is 125 Å². The molecule has 0 aromatic carbocycles. The van der Waals surface area contributed by atoms with E-state index >= 15 is 0 Å². The van der Waals surface area contributed by atoms with Gasteiger partial charge in [0, 0.05) is 63.6 Å². The van der Waals surface area contributed by atoms with E-state index < -0.39 is 17.7 Å². The fourth-order valence-corrected chi connectivity index (χ4v) is 2.97. The van der Waals surface area contributed by atoms with Crippen molar-refractivity contribution in [1.82, 2.24) is 24.8 Å². The predicted molar refractivity (Wildman–Crippen MR) is 113 cm³/mol. The number of rotatable bonds is 5. The van der Waals surface area contributed by atoms with E-state index in [1.165, 1.54) is 17.3 Å². The molecule has 1 N–H and O–H groups in total. The Hall–Kier alpha value is -3.50. The first-order valence-electron chi connectivity index (χ1n) is 9.92. The van der Waals surface area contributed by atoms with Crippen LogP contribution in [0.2, 0.25) is 0 Å². The van der Waals surface area contributed by atoms with Gasteiger partial charge in [-0.3, -0.25) is 0 Å². The molecule has 1 aliphatic heterocycles. The summed E-state index contributed by atoms with van der Waals surface area (Å²) in [6, 6.07) is 0. The normalized spacial score (nSPS) is 14.3. The average molecular weight is 429 g/mol. The summed E-state index contributed by atoms with van der Waals surface area (Å²) >= 11 is 0. The maximum absolute atomic E-state index is 12.1. The molecule has 11 nitrogen and oxygen atoms in total. The molecule has 166 valence electrons. The standard InChI is InChI=1S/C20H27N7O4/c1-20(2,3)31-19(30)25(4)13-14-9-21-17(22-10-14)26-5-7-27(8-6-26)18-23-11-15(12-24-18)16(28)29/h9-12H,5-8,13H2,1-4H3,(H,28,29). The molecule has 0 atom stereocenters. The molecule has 0 aliphatic carbocycles. The number of carbonyl (C=O) groups is 2. The highest BCUT2D eigenvalue weighted by molar-refractivity contribution is 5.86. The van der Waals surface area contributed by atoms with Gasteiger partial charge >= 0.3 is 12.1 Å². The molecule has 2 aromatic rings. The van der Waals surface area contributed by atoms with Crippen molar-refractivity contribution in [2.24, 2.45) is 0 Å². The lowest BCUT2D eigenvalue weighted by Gasteiger charge is -2.34. The van der Waals surface area contributed by atoms with Crippen LogP contribution in [-0.4, -0.2) is 80.8 Å². The van der Waals surface area contributed by atoms with Gasteiger partial charge in [-0.2, -0.15) is 0 Å². The zero-order valence-electron chi connectivity index (χ0n) is 18.1. The molecule has 3 heterocycles. The van der Waals surface area contributed by atoms with Crippen LogP contribution in [0.25, 0.3) is 0 Å². The summed E-state index contributed by atoms with van der Waals surface area (Å²) in [4.78, 5) is 45.7. The minimum atomic E-state index is -1.05. The van der Waals surface area contributed by atoms with Crippen LogP contribution >= 0.6 is 0 Å². The minimum Gasteiger partial charge on any atom is -0.478 e. The molecule has 1 amide bonds. The lowest BCUT2D eigenvalue weighted by atomic mass is 10.2. The van der Waals surface area contributed by atoms with Crippen molar-refractivity contribution in [2.45, 2.75) is 32.9 Å². The largest absolute Gasteiger partial charge is 0.478 e. The number of aromatic nitrogens is 4. The number of nitrogens with zero attached hydrogens (tertiary/aromatic N) is 7. The second kappa shape index (κ2) is 9.11. The summed E-state index contributed by atoms with van der Waals surface area (Å²) in [5.41, 5.74) is 0.327. The first kappa shape index (κ1) is 22.2. The highest BCUT2D eigenvalue weighted by Gasteiger charge is 2.22. The van der Waals surface area contributed by atoms with E-state index in [1.807, 2.05) is 25.7 Å². The monoisotopic (exact) mass is 429 g/mol. The van der Waals surface area contributed by atoms with Crippen LogP contribution in [0.1, 0.15) is 36.7 Å². The number of hydrogen-bond acceptors (Lipinski definition) is 9. The van der Waals surface area contributed by atoms with Crippen molar-refractivity contribution in [3.8, 4) is 0 Å². The Morgan fingerprint density at radius 2 is 1.42 bits per heavy atom. The summed E-state index contributed by atoms with van der Waals surface area (Å²) in [6.45, 7) is 8.53. The third-order valence-corrected chi connectivity index (χ3v) is 4.55. The summed E-state index contributed by atoms with van der Waals surface area (Å²) in [7, 11) is 1.67. The number of carbonyl (C=O) groups excluding carboxylic acids is 1. The molecule has 1 aliphatic rings. The van der Waals surface area contributed by atoms with Gasteiger partial charge in [0.2, 0.25) is 11.9 Å². The van der Waals surface area contributed by atoms with E-state index in [4.69, 9.17) is 9.84 Å². The van der Waals surface area contributed by atoms with Crippen molar-refractivity contribution in [2.75, 3.05) is 43.0 Å². The smallest absolute Gasteiger partial charge is 0.410 e. The van der Waals surface area contributed by atoms with E-state index in [0.717, 1.165) is 5.56 Å². The van der Waals surface area contributed by atoms with Crippen molar-refractivity contribution < 1.29 is 19.4 Å². The molecule has 3 rings (SSSR count). The molecular formula is C20H27N7O4. The molecule has 1 saturated heterocycles. The first-order valence-corrected chi connectivity index (χ1v) is 9.92. The molecule has 2 aromatic heterocycles. The highest BCUT2D eigenvalue weighted by atomic mass is 16.6. The number of carboxylic acids is 1. The number of carboxylic acid groups (broad SMARTS) is 1. The fraction of sp³-hybridized carbons (Fsp3) is 0.500. The third-order valence-electron chi connectivity index (χ3n) is 4.55. The number of piperazine rings is 1. The minimum absolute atomic E-state index is 0.0631. The van der Waals surface area contributed by atoms with Gasteiger partial charge in [0.25, 0.3) is 0 Å². The van der Waals surface area contributed by atoms with E-state index in [1.54, 1.807) is 19.4 Å².